The Morgan fingerprint density at radius 3 is 2.85 bits per heavy atom. The third-order valence-corrected chi connectivity index (χ3v) is 5.47. The number of hydrogen-bond acceptors (Lipinski definition) is 4. The average Bonchev–Trinajstić information content (AvgIpc) is 2.69. The Bertz CT molecular complexity index is 894. The molecule has 2 aliphatic heterocycles. The Morgan fingerprint density at radius 2 is 2.11 bits per heavy atom. The van der Waals surface area contributed by atoms with Crippen LogP contribution in [-0.2, 0) is 22.4 Å². The second-order valence-corrected chi connectivity index (χ2v) is 7.67. The Hall–Kier alpha value is -2.11. The largest absolute Gasteiger partial charge is 0.476 e. The first-order valence-electron chi connectivity index (χ1n) is 9.74. The first-order valence-corrected chi connectivity index (χ1v) is 9.74. The topological polar surface area (TPSA) is 49.7 Å². The minimum absolute atomic E-state index is 0.0119. The van der Waals surface area contributed by atoms with Crippen molar-refractivity contribution in [2.45, 2.75) is 45.8 Å². The van der Waals surface area contributed by atoms with Crippen molar-refractivity contribution in [3.05, 3.63) is 51.2 Å². The molecule has 0 saturated carbocycles. The lowest BCUT2D eigenvalue weighted by molar-refractivity contribution is -0.102. The van der Waals surface area contributed by atoms with E-state index in [2.05, 4.69) is 36.6 Å². The molecule has 0 N–H and O–H groups in total. The summed E-state index contributed by atoms with van der Waals surface area (Å²) in [6, 6.07) is 8.22. The van der Waals surface area contributed by atoms with Crippen molar-refractivity contribution >= 4 is 0 Å². The van der Waals surface area contributed by atoms with Crippen LogP contribution in [0.15, 0.2) is 29.1 Å². The number of nitrogens with zero attached hydrogens (tertiary/aromatic N) is 1. The molecule has 0 spiro atoms. The molecule has 2 aliphatic rings. The summed E-state index contributed by atoms with van der Waals surface area (Å²) < 4.78 is 19.2. The highest BCUT2D eigenvalue weighted by atomic mass is 16.6. The van der Waals surface area contributed by atoms with Gasteiger partial charge in [-0.2, -0.15) is 0 Å². The van der Waals surface area contributed by atoms with Gasteiger partial charge >= 0.3 is 0 Å². The van der Waals surface area contributed by atoms with E-state index in [1.807, 2.05) is 6.92 Å². The van der Waals surface area contributed by atoms with Crippen molar-refractivity contribution in [1.29, 1.82) is 0 Å². The molecule has 0 radical (unpaired) electrons. The van der Waals surface area contributed by atoms with E-state index < -0.39 is 0 Å². The second-order valence-electron chi connectivity index (χ2n) is 7.67. The molecule has 144 valence electrons. The summed E-state index contributed by atoms with van der Waals surface area (Å²) in [6.07, 6.45) is 0.848. The molecule has 2 aromatic rings. The van der Waals surface area contributed by atoms with E-state index >= 15 is 0 Å². The average molecular weight is 369 g/mol. The summed E-state index contributed by atoms with van der Waals surface area (Å²) in [5, 5.41) is 0. The van der Waals surface area contributed by atoms with Gasteiger partial charge in [0.05, 0.1) is 25.5 Å². The van der Waals surface area contributed by atoms with Crippen LogP contribution in [0.5, 0.6) is 5.88 Å². The number of aromatic nitrogens is 1. The monoisotopic (exact) mass is 369 g/mol. The van der Waals surface area contributed by atoms with E-state index in [1.54, 1.807) is 6.07 Å². The summed E-state index contributed by atoms with van der Waals surface area (Å²) >= 11 is 0. The third-order valence-electron chi connectivity index (χ3n) is 5.47. The molecule has 1 aromatic heterocycles. The SMILES string of the molecule is Cc1c2n(c(OC[C@@H]3COCCO3)cc1=O)CCc1cc(C(C)C)ccc1-2. The fraction of sp³-hybridized carbons (Fsp3) is 0.500. The van der Waals surface area contributed by atoms with Gasteiger partial charge in [-0.15, -0.1) is 0 Å². The molecule has 5 heteroatoms. The second kappa shape index (κ2) is 7.49. The molecule has 3 heterocycles. The standard InChI is InChI=1S/C22H27NO4/c1-14(2)16-4-5-19-17(10-16)6-7-23-21(11-20(24)15(3)22(19)23)27-13-18-12-25-8-9-26-18/h4-5,10-11,14,18H,6-9,12-13H2,1-3H3/t18-/m0/s1. The molecule has 1 atom stereocenters. The highest BCUT2D eigenvalue weighted by molar-refractivity contribution is 5.70. The lowest BCUT2D eigenvalue weighted by Gasteiger charge is -2.28. The van der Waals surface area contributed by atoms with Crippen LogP contribution in [-0.4, -0.2) is 37.1 Å². The quantitative estimate of drug-likeness (QED) is 0.830. The zero-order valence-electron chi connectivity index (χ0n) is 16.3. The van der Waals surface area contributed by atoms with Crippen molar-refractivity contribution < 1.29 is 14.2 Å². The Kier molecular flexibility index (Phi) is 5.06. The van der Waals surface area contributed by atoms with Crippen LogP contribution in [0, 0.1) is 6.92 Å². The molecular weight excluding hydrogens is 342 g/mol. The molecule has 1 aromatic carbocycles. The van der Waals surface area contributed by atoms with Gasteiger partial charge in [-0.1, -0.05) is 32.0 Å². The number of benzene rings is 1. The van der Waals surface area contributed by atoms with Gasteiger partial charge in [-0.3, -0.25) is 4.79 Å². The van der Waals surface area contributed by atoms with Crippen molar-refractivity contribution in [3.8, 4) is 17.1 Å². The molecule has 0 bridgehead atoms. The van der Waals surface area contributed by atoms with Crippen molar-refractivity contribution in [2.75, 3.05) is 26.4 Å². The van der Waals surface area contributed by atoms with Gasteiger partial charge in [-0.05, 0) is 30.4 Å². The van der Waals surface area contributed by atoms with E-state index in [1.165, 1.54) is 11.1 Å². The predicted octanol–water partition coefficient (Wildman–Crippen LogP) is 3.30. The van der Waals surface area contributed by atoms with Gasteiger partial charge in [0, 0.05) is 23.7 Å². The zero-order valence-corrected chi connectivity index (χ0v) is 16.3. The smallest absolute Gasteiger partial charge is 0.197 e. The number of pyridine rings is 1. The van der Waals surface area contributed by atoms with Crippen LogP contribution in [0.25, 0.3) is 11.3 Å². The Balaban J connectivity index is 1.70. The molecule has 1 saturated heterocycles. The first-order chi connectivity index (χ1) is 13.0. The van der Waals surface area contributed by atoms with Crippen LogP contribution >= 0.6 is 0 Å². The molecule has 0 amide bonds. The summed E-state index contributed by atoms with van der Waals surface area (Å²) in [6.45, 7) is 9.26. The van der Waals surface area contributed by atoms with E-state index in [0.29, 0.717) is 38.2 Å². The Morgan fingerprint density at radius 1 is 1.26 bits per heavy atom. The summed E-state index contributed by atoms with van der Waals surface area (Å²) in [4.78, 5) is 12.6. The first kappa shape index (κ1) is 18.3. The lowest BCUT2D eigenvalue weighted by atomic mass is 9.90. The maximum Gasteiger partial charge on any atom is 0.197 e. The van der Waals surface area contributed by atoms with Gasteiger partial charge in [0.15, 0.2) is 11.3 Å². The number of ether oxygens (including phenoxy) is 3. The molecule has 1 fully saturated rings. The van der Waals surface area contributed by atoms with Crippen molar-refractivity contribution in [2.24, 2.45) is 0 Å². The van der Waals surface area contributed by atoms with E-state index in [0.717, 1.165) is 29.8 Å². The molecule has 5 nitrogen and oxygen atoms in total. The fourth-order valence-corrected chi connectivity index (χ4v) is 3.87. The molecule has 0 unspecified atom stereocenters. The number of fused-ring (bicyclic) bond motifs is 3. The maximum absolute atomic E-state index is 12.6. The van der Waals surface area contributed by atoms with Gasteiger partial charge in [0.25, 0.3) is 0 Å². The zero-order chi connectivity index (χ0) is 19.0. The van der Waals surface area contributed by atoms with E-state index in [4.69, 9.17) is 14.2 Å². The van der Waals surface area contributed by atoms with Crippen LogP contribution < -0.4 is 10.2 Å². The van der Waals surface area contributed by atoms with Crippen LogP contribution in [0.2, 0.25) is 0 Å². The van der Waals surface area contributed by atoms with Gasteiger partial charge in [0.1, 0.15) is 12.7 Å². The number of aryl methyl sites for hydroxylation is 1. The summed E-state index contributed by atoms with van der Waals surface area (Å²) in [5.74, 6) is 1.11. The summed E-state index contributed by atoms with van der Waals surface area (Å²) in [7, 11) is 0. The number of hydrogen-bond donors (Lipinski definition) is 0. The van der Waals surface area contributed by atoms with Crippen LogP contribution in [0.3, 0.4) is 0 Å². The van der Waals surface area contributed by atoms with Gasteiger partial charge < -0.3 is 18.8 Å². The van der Waals surface area contributed by atoms with E-state index in [-0.39, 0.29) is 11.5 Å². The van der Waals surface area contributed by atoms with Crippen molar-refractivity contribution in [3.63, 3.8) is 0 Å². The highest BCUT2D eigenvalue weighted by Gasteiger charge is 2.23. The normalized spacial score (nSPS) is 18.9. The van der Waals surface area contributed by atoms with E-state index in [9.17, 15) is 4.79 Å². The fourth-order valence-electron chi connectivity index (χ4n) is 3.87. The lowest BCUT2D eigenvalue weighted by Crippen LogP contribution is -2.34. The number of rotatable bonds is 4. The maximum atomic E-state index is 12.6. The minimum atomic E-state index is -0.0871. The van der Waals surface area contributed by atoms with Crippen LogP contribution in [0.4, 0.5) is 0 Å². The third kappa shape index (κ3) is 3.54. The minimum Gasteiger partial charge on any atom is -0.476 e. The summed E-state index contributed by atoms with van der Waals surface area (Å²) in [5.41, 5.74) is 5.56. The van der Waals surface area contributed by atoms with Gasteiger partial charge in [-0.25, -0.2) is 0 Å². The van der Waals surface area contributed by atoms with Crippen molar-refractivity contribution in [1.82, 2.24) is 4.57 Å². The van der Waals surface area contributed by atoms with Gasteiger partial charge in [0.2, 0.25) is 0 Å². The molecule has 27 heavy (non-hydrogen) atoms. The Labute approximate surface area is 159 Å². The molecule has 4 rings (SSSR count). The van der Waals surface area contributed by atoms with Crippen LogP contribution in [0.1, 0.15) is 36.5 Å². The highest BCUT2D eigenvalue weighted by Crippen LogP contribution is 2.35. The predicted molar refractivity (Wildman–Crippen MR) is 105 cm³/mol. The molecule has 0 aliphatic carbocycles. The molecular formula is C22H27NO4.